The maximum atomic E-state index is 12.0. The molecule has 100 valence electrons. The molecule has 1 amide bonds. The molecule has 0 aliphatic rings. The molecular weight excluding hydrogens is 268 g/mol. The number of nitrogens with two attached hydrogens (primary N) is 1. The number of furan rings is 1. The largest absolute Gasteiger partial charge is 0.457 e. The van der Waals surface area contributed by atoms with Gasteiger partial charge in [-0.2, -0.15) is 0 Å². The van der Waals surface area contributed by atoms with Crippen molar-refractivity contribution in [3.8, 4) is 11.1 Å². The molecule has 2 rings (SSSR count). The number of sulfonamides is 1. The highest BCUT2D eigenvalue weighted by atomic mass is 32.2. The van der Waals surface area contributed by atoms with Crippen LogP contribution in [0, 0.1) is 0 Å². The minimum Gasteiger partial charge on any atom is -0.457 e. The van der Waals surface area contributed by atoms with Gasteiger partial charge in [0.15, 0.2) is 0 Å². The third-order valence-corrected chi connectivity index (χ3v) is 4.07. The number of hydrogen-bond donors (Lipinski definition) is 2. The molecule has 0 fully saturated rings. The maximum Gasteiger partial charge on any atom is 0.285 e. The second-order valence-corrected chi connectivity index (χ2v) is 5.57. The Labute approximate surface area is 110 Å². The lowest BCUT2D eigenvalue weighted by Crippen LogP contribution is -2.23. The Kier molecular flexibility index (Phi) is 3.41. The Bertz CT molecular complexity index is 705. The molecular formula is C12H12N2O4S. The number of hydrogen-bond acceptors (Lipinski definition) is 4. The number of rotatable bonds is 4. The SMILES string of the molecule is CNS(=O)(=O)c1c(-c2ccccc2)coc1C(N)=O. The topological polar surface area (TPSA) is 102 Å². The molecule has 1 heterocycles. The number of carbonyl (C=O) groups is 1. The molecule has 0 radical (unpaired) electrons. The zero-order chi connectivity index (χ0) is 14.0. The minimum absolute atomic E-state index is 0.242. The van der Waals surface area contributed by atoms with Crippen molar-refractivity contribution in [2.45, 2.75) is 4.90 Å². The number of nitrogens with one attached hydrogen (secondary N) is 1. The van der Waals surface area contributed by atoms with Crippen LogP contribution in [0.15, 0.2) is 45.9 Å². The highest BCUT2D eigenvalue weighted by Gasteiger charge is 2.28. The van der Waals surface area contributed by atoms with Gasteiger partial charge in [0.1, 0.15) is 11.2 Å². The summed E-state index contributed by atoms with van der Waals surface area (Å²) in [5, 5.41) is 0. The second kappa shape index (κ2) is 4.87. The molecule has 6 nitrogen and oxygen atoms in total. The number of amides is 1. The molecule has 7 heteroatoms. The summed E-state index contributed by atoms with van der Waals surface area (Å²) in [4.78, 5) is 11.0. The molecule has 3 N–H and O–H groups in total. The number of benzene rings is 1. The predicted octanol–water partition coefficient (Wildman–Crippen LogP) is 0.954. The third kappa shape index (κ3) is 2.38. The Morgan fingerprint density at radius 1 is 1.26 bits per heavy atom. The number of carbonyl (C=O) groups excluding carboxylic acids is 1. The van der Waals surface area contributed by atoms with Crippen LogP contribution < -0.4 is 10.5 Å². The van der Waals surface area contributed by atoms with E-state index >= 15 is 0 Å². The average molecular weight is 280 g/mol. The average Bonchev–Trinajstić information content (AvgIpc) is 2.85. The van der Waals surface area contributed by atoms with Gasteiger partial charge in [0.25, 0.3) is 5.91 Å². The third-order valence-electron chi connectivity index (χ3n) is 2.59. The fourth-order valence-electron chi connectivity index (χ4n) is 1.70. The van der Waals surface area contributed by atoms with E-state index in [1.165, 1.54) is 13.3 Å². The summed E-state index contributed by atoms with van der Waals surface area (Å²) in [6, 6.07) is 8.73. The van der Waals surface area contributed by atoms with Crippen LogP contribution >= 0.6 is 0 Å². The van der Waals surface area contributed by atoms with Gasteiger partial charge in [-0.3, -0.25) is 4.79 Å². The molecule has 0 aliphatic heterocycles. The van der Waals surface area contributed by atoms with Gasteiger partial charge >= 0.3 is 0 Å². The fraction of sp³-hybridized carbons (Fsp3) is 0.0833. The summed E-state index contributed by atoms with van der Waals surface area (Å²) in [6.07, 6.45) is 1.21. The van der Waals surface area contributed by atoms with Crippen molar-refractivity contribution in [3.05, 3.63) is 42.4 Å². The van der Waals surface area contributed by atoms with Crippen LogP contribution in [0.4, 0.5) is 0 Å². The zero-order valence-electron chi connectivity index (χ0n) is 10.1. The molecule has 0 bridgehead atoms. The Morgan fingerprint density at radius 3 is 2.42 bits per heavy atom. The van der Waals surface area contributed by atoms with E-state index < -0.39 is 15.9 Å². The molecule has 19 heavy (non-hydrogen) atoms. The van der Waals surface area contributed by atoms with E-state index in [0.29, 0.717) is 11.1 Å². The smallest absolute Gasteiger partial charge is 0.285 e. The predicted molar refractivity (Wildman–Crippen MR) is 68.9 cm³/mol. The minimum atomic E-state index is -3.85. The summed E-state index contributed by atoms with van der Waals surface area (Å²) in [5.74, 6) is -1.32. The highest BCUT2D eigenvalue weighted by molar-refractivity contribution is 7.89. The van der Waals surface area contributed by atoms with E-state index in [0.717, 1.165) is 0 Å². The lowest BCUT2D eigenvalue weighted by Gasteiger charge is -2.05. The molecule has 0 atom stereocenters. The monoisotopic (exact) mass is 280 g/mol. The molecule has 1 aromatic heterocycles. The Balaban J connectivity index is 2.74. The van der Waals surface area contributed by atoms with Gasteiger partial charge in [-0.25, -0.2) is 13.1 Å². The first-order valence-electron chi connectivity index (χ1n) is 5.37. The Hall–Kier alpha value is -2.12. The van der Waals surface area contributed by atoms with E-state index in [2.05, 4.69) is 4.72 Å². The summed E-state index contributed by atoms with van der Waals surface area (Å²) < 4.78 is 31.2. The van der Waals surface area contributed by atoms with Gasteiger partial charge in [0, 0.05) is 5.56 Å². The lowest BCUT2D eigenvalue weighted by molar-refractivity contribution is 0.0969. The lowest BCUT2D eigenvalue weighted by atomic mass is 10.1. The molecule has 0 unspecified atom stereocenters. The molecule has 0 aliphatic carbocycles. The van der Waals surface area contributed by atoms with Crippen molar-refractivity contribution in [3.63, 3.8) is 0 Å². The first kappa shape index (κ1) is 13.3. The maximum absolute atomic E-state index is 12.0. The highest BCUT2D eigenvalue weighted by Crippen LogP contribution is 2.31. The van der Waals surface area contributed by atoms with Crippen LogP contribution in [0.5, 0.6) is 0 Å². The first-order valence-corrected chi connectivity index (χ1v) is 6.86. The Morgan fingerprint density at radius 2 is 1.89 bits per heavy atom. The van der Waals surface area contributed by atoms with Crippen molar-refractivity contribution >= 4 is 15.9 Å². The van der Waals surface area contributed by atoms with E-state index in [1.807, 2.05) is 0 Å². The molecule has 2 aromatic rings. The summed E-state index contributed by atoms with van der Waals surface area (Å²) >= 11 is 0. The zero-order valence-corrected chi connectivity index (χ0v) is 10.9. The van der Waals surface area contributed by atoms with Crippen LogP contribution in [0.25, 0.3) is 11.1 Å². The van der Waals surface area contributed by atoms with E-state index in [-0.39, 0.29) is 10.7 Å². The van der Waals surface area contributed by atoms with Gasteiger partial charge in [-0.15, -0.1) is 0 Å². The fourth-order valence-corrected chi connectivity index (χ4v) is 2.76. The van der Waals surface area contributed by atoms with Crippen molar-refractivity contribution < 1.29 is 17.6 Å². The second-order valence-electron chi connectivity index (χ2n) is 3.75. The summed E-state index contributed by atoms with van der Waals surface area (Å²) in [7, 11) is -2.60. The van der Waals surface area contributed by atoms with E-state index in [9.17, 15) is 13.2 Å². The van der Waals surface area contributed by atoms with Gasteiger partial charge in [0.05, 0.1) is 0 Å². The van der Waals surface area contributed by atoms with Crippen LogP contribution in [0.1, 0.15) is 10.6 Å². The molecule has 0 saturated heterocycles. The van der Waals surface area contributed by atoms with Crippen molar-refractivity contribution in [1.82, 2.24) is 4.72 Å². The van der Waals surface area contributed by atoms with Crippen LogP contribution in [0.2, 0.25) is 0 Å². The summed E-state index contributed by atoms with van der Waals surface area (Å²) in [6.45, 7) is 0. The van der Waals surface area contributed by atoms with Gasteiger partial charge in [0.2, 0.25) is 15.8 Å². The van der Waals surface area contributed by atoms with E-state index in [1.54, 1.807) is 30.3 Å². The molecule has 0 saturated carbocycles. The van der Waals surface area contributed by atoms with E-state index in [4.69, 9.17) is 10.2 Å². The van der Waals surface area contributed by atoms with Crippen molar-refractivity contribution in [1.29, 1.82) is 0 Å². The van der Waals surface area contributed by atoms with Crippen molar-refractivity contribution in [2.75, 3.05) is 7.05 Å². The summed E-state index contributed by atoms with van der Waals surface area (Å²) in [5.41, 5.74) is 6.05. The van der Waals surface area contributed by atoms with Crippen LogP contribution in [-0.2, 0) is 10.0 Å². The van der Waals surface area contributed by atoms with Crippen molar-refractivity contribution in [2.24, 2.45) is 5.73 Å². The van der Waals surface area contributed by atoms with Crippen LogP contribution in [0.3, 0.4) is 0 Å². The molecule has 1 aromatic carbocycles. The number of primary amides is 1. The first-order chi connectivity index (χ1) is 8.97. The van der Waals surface area contributed by atoms with Gasteiger partial charge < -0.3 is 10.2 Å². The molecule has 0 spiro atoms. The van der Waals surface area contributed by atoms with Gasteiger partial charge in [-0.1, -0.05) is 30.3 Å². The standard InChI is InChI=1S/C12H12N2O4S/c1-14-19(16,17)11-9(7-18-10(11)12(13)15)8-5-3-2-4-6-8/h2-7,14H,1H3,(H2,13,15). The van der Waals surface area contributed by atoms with Crippen LogP contribution in [-0.4, -0.2) is 21.4 Å². The normalized spacial score (nSPS) is 11.4. The van der Waals surface area contributed by atoms with Gasteiger partial charge in [-0.05, 0) is 12.6 Å². The quantitative estimate of drug-likeness (QED) is 0.870.